The Labute approximate surface area is 86.1 Å². The molecule has 2 unspecified atom stereocenters. The predicted molar refractivity (Wildman–Crippen MR) is 55.8 cm³/mol. The quantitative estimate of drug-likeness (QED) is 0.710. The van der Waals surface area contributed by atoms with Gasteiger partial charge in [0, 0.05) is 19.6 Å². The molecule has 1 spiro atoms. The van der Waals surface area contributed by atoms with Crippen LogP contribution in [-0.2, 0) is 0 Å². The summed E-state index contributed by atoms with van der Waals surface area (Å²) in [5, 5.41) is 12.5. The molecule has 2 atom stereocenters. The summed E-state index contributed by atoms with van der Waals surface area (Å²) in [7, 11) is 0. The number of nitriles is 1. The zero-order valence-electron chi connectivity index (χ0n) is 8.92. The zero-order chi connectivity index (χ0) is 10.0. The lowest BCUT2D eigenvalue weighted by atomic mass is 9.86. The third-order valence-electron chi connectivity index (χ3n) is 3.78. The predicted octanol–water partition coefficient (Wildman–Crippen LogP) is 0.974. The van der Waals surface area contributed by atoms with Crippen molar-refractivity contribution >= 4 is 0 Å². The molecule has 0 radical (unpaired) electrons. The number of likely N-dealkylation sites (tertiary alicyclic amines) is 1. The van der Waals surface area contributed by atoms with Gasteiger partial charge in [-0.1, -0.05) is 6.92 Å². The van der Waals surface area contributed by atoms with Crippen LogP contribution in [-0.4, -0.2) is 37.1 Å². The third-order valence-corrected chi connectivity index (χ3v) is 3.78. The molecule has 2 aliphatic heterocycles. The Morgan fingerprint density at radius 3 is 3.00 bits per heavy atom. The molecule has 3 heteroatoms. The van der Waals surface area contributed by atoms with Crippen LogP contribution in [0.5, 0.6) is 0 Å². The van der Waals surface area contributed by atoms with E-state index < -0.39 is 0 Å². The van der Waals surface area contributed by atoms with E-state index in [2.05, 4.69) is 23.2 Å². The van der Waals surface area contributed by atoms with Crippen LogP contribution >= 0.6 is 0 Å². The van der Waals surface area contributed by atoms with E-state index in [9.17, 15) is 0 Å². The maximum absolute atomic E-state index is 9.01. The van der Waals surface area contributed by atoms with E-state index >= 15 is 0 Å². The largest absolute Gasteiger partial charge is 0.316 e. The summed E-state index contributed by atoms with van der Waals surface area (Å²) in [5.74, 6) is 0. The molecule has 2 rings (SSSR count). The van der Waals surface area contributed by atoms with Crippen molar-refractivity contribution < 1.29 is 0 Å². The van der Waals surface area contributed by atoms with E-state index in [4.69, 9.17) is 5.26 Å². The first-order chi connectivity index (χ1) is 6.79. The van der Waals surface area contributed by atoms with Crippen molar-refractivity contribution in [1.29, 1.82) is 5.26 Å². The van der Waals surface area contributed by atoms with Crippen LogP contribution in [0.2, 0.25) is 0 Å². The zero-order valence-corrected chi connectivity index (χ0v) is 8.92. The summed E-state index contributed by atoms with van der Waals surface area (Å²) in [4.78, 5) is 2.37. The van der Waals surface area contributed by atoms with Crippen LogP contribution in [0.15, 0.2) is 0 Å². The molecule has 0 aromatic heterocycles. The van der Waals surface area contributed by atoms with E-state index in [0.29, 0.717) is 5.41 Å². The van der Waals surface area contributed by atoms with Crippen LogP contribution in [0.1, 0.15) is 26.2 Å². The number of hydrogen-bond donors (Lipinski definition) is 1. The van der Waals surface area contributed by atoms with Crippen molar-refractivity contribution in [2.75, 3.05) is 26.2 Å². The first kappa shape index (κ1) is 9.95. The molecule has 78 valence electrons. The highest BCUT2D eigenvalue weighted by Crippen LogP contribution is 2.36. The molecule has 2 heterocycles. The lowest BCUT2D eigenvalue weighted by molar-refractivity contribution is 0.239. The van der Waals surface area contributed by atoms with Gasteiger partial charge in [-0.05, 0) is 31.2 Å². The normalized spacial score (nSPS) is 34.9. The van der Waals surface area contributed by atoms with Crippen molar-refractivity contribution in [2.45, 2.75) is 32.2 Å². The van der Waals surface area contributed by atoms with Gasteiger partial charge in [0.05, 0.1) is 12.1 Å². The minimum atomic E-state index is 0.148. The first-order valence-electron chi connectivity index (χ1n) is 5.64. The summed E-state index contributed by atoms with van der Waals surface area (Å²) < 4.78 is 0. The standard InChI is InChI=1S/C11H19N3/c1-2-10(7-12)14-6-4-11(9-14)3-5-13-8-11/h10,13H,2-6,8-9H2,1H3. The van der Waals surface area contributed by atoms with E-state index in [0.717, 1.165) is 32.6 Å². The molecule has 0 saturated carbocycles. The van der Waals surface area contributed by atoms with Crippen molar-refractivity contribution in [3.63, 3.8) is 0 Å². The van der Waals surface area contributed by atoms with E-state index in [1.54, 1.807) is 0 Å². The fourth-order valence-electron chi connectivity index (χ4n) is 2.81. The molecular formula is C11H19N3. The second-order valence-corrected chi connectivity index (χ2v) is 4.70. The molecule has 2 saturated heterocycles. The molecular weight excluding hydrogens is 174 g/mol. The Hall–Kier alpha value is -0.590. The highest BCUT2D eigenvalue weighted by Gasteiger charge is 2.41. The fourth-order valence-corrected chi connectivity index (χ4v) is 2.81. The van der Waals surface area contributed by atoms with Gasteiger partial charge in [-0.15, -0.1) is 0 Å². The van der Waals surface area contributed by atoms with Crippen LogP contribution in [0, 0.1) is 16.7 Å². The Kier molecular flexibility index (Phi) is 2.76. The molecule has 2 fully saturated rings. The van der Waals surface area contributed by atoms with Gasteiger partial charge in [-0.2, -0.15) is 5.26 Å². The second kappa shape index (κ2) is 3.88. The molecule has 0 aliphatic carbocycles. The van der Waals surface area contributed by atoms with Crippen molar-refractivity contribution in [2.24, 2.45) is 5.41 Å². The Morgan fingerprint density at radius 2 is 2.43 bits per heavy atom. The number of nitrogens with one attached hydrogen (secondary N) is 1. The van der Waals surface area contributed by atoms with Gasteiger partial charge in [0.2, 0.25) is 0 Å². The van der Waals surface area contributed by atoms with Gasteiger partial charge in [0.15, 0.2) is 0 Å². The molecule has 0 amide bonds. The highest BCUT2D eigenvalue weighted by atomic mass is 15.2. The maximum atomic E-state index is 9.01. The van der Waals surface area contributed by atoms with E-state index in [1.165, 1.54) is 12.8 Å². The van der Waals surface area contributed by atoms with Crippen LogP contribution in [0.4, 0.5) is 0 Å². The molecule has 14 heavy (non-hydrogen) atoms. The average Bonchev–Trinajstić information content (AvgIpc) is 2.81. The summed E-state index contributed by atoms with van der Waals surface area (Å²) in [6, 6.07) is 2.55. The first-order valence-corrected chi connectivity index (χ1v) is 5.64. The Bertz CT molecular complexity index is 237. The molecule has 0 aromatic carbocycles. The average molecular weight is 193 g/mol. The van der Waals surface area contributed by atoms with Crippen molar-refractivity contribution in [3.05, 3.63) is 0 Å². The molecule has 0 aromatic rings. The second-order valence-electron chi connectivity index (χ2n) is 4.70. The fraction of sp³-hybridized carbons (Fsp3) is 0.909. The van der Waals surface area contributed by atoms with Gasteiger partial charge in [0.25, 0.3) is 0 Å². The van der Waals surface area contributed by atoms with Crippen LogP contribution < -0.4 is 5.32 Å². The summed E-state index contributed by atoms with van der Waals surface area (Å²) >= 11 is 0. The van der Waals surface area contributed by atoms with Gasteiger partial charge in [0.1, 0.15) is 0 Å². The van der Waals surface area contributed by atoms with Gasteiger partial charge >= 0.3 is 0 Å². The summed E-state index contributed by atoms with van der Waals surface area (Å²) in [6.45, 7) is 6.67. The molecule has 1 N–H and O–H groups in total. The minimum Gasteiger partial charge on any atom is -0.316 e. The topological polar surface area (TPSA) is 39.1 Å². The van der Waals surface area contributed by atoms with Crippen LogP contribution in [0.25, 0.3) is 0 Å². The van der Waals surface area contributed by atoms with Crippen molar-refractivity contribution in [1.82, 2.24) is 10.2 Å². The van der Waals surface area contributed by atoms with Crippen molar-refractivity contribution in [3.8, 4) is 6.07 Å². The highest BCUT2D eigenvalue weighted by molar-refractivity contribution is 5.01. The van der Waals surface area contributed by atoms with Gasteiger partial charge < -0.3 is 5.32 Å². The lowest BCUT2D eigenvalue weighted by Crippen LogP contribution is -2.35. The Balaban J connectivity index is 1.97. The number of hydrogen-bond acceptors (Lipinski definition) is 3. The minimum absolute atomic E-state index is 0.148. The SMILES string of the molecule is CCC(C#N)N1CCC2(CCNC2)C1. The van der Waals surface area contributed by atoms with Gasteiger partial charge in [-0.25, -0.2) is 0 Å². The van der Waals surface area contributed by atoms with E-state index in [1.807, 2.05) is 0 Å². The maximum Gasteiger partial charge on any atom is 0.0975 e. The van der Waals surface area contributed by atoms with E-state index in [-0.39, 0.29) is 6.04 Å². The monoisotopic (exact) mass is 193 g/mol. The molecule has 3 nitrogen and oxygen atoms in total. The summed E-state index contributed by atoms with van der Waals surface area (Å²) in [6.07, 6.45) is 3.53. The number of nitrogens with zero attached hydrogens (tertiary/aromatic N) is 2. The molecule has 2 aliphatic rings. The lowest BCUT2D eigenvalue weighted by Gasteiger charge is -2.25. The Morgan fingerprint density at radius 1 is 1.57 bits per heavy atom. The molecule has 0 bridgehead atoms. The van der Waals surface area contributed by atoms with Gasteiger partial charge in [-0.3, -0.25) is 4.90 Å². The third kappa shape index (κ3) is 1.65. The smallest absolute Gasteiger partial charge is 0.0975 e. The summed E-state index contributed by atoms with van der Waals surface area (Å²) in [5.41, 5.74) is 0.504. The number of rotatable bonds is 2. The van der Waals surface area contributed by atoms with Crippen LogP contribution in [0.3, 0.4) is 0 Å².